The predicted molar refractivity (Wildman–Crippen MR) is 42.1 cm³/mol. The lowest BCUT2D eigenvalue weighted by atomic mass is 10.3. The zero-order chi connectivity index (χ0) is 8.55. The lowest BCUT2D eigenvalue weighted by Crippen LogP contribution is -2.35. The standard InChI is InChI=1S/C7H7N3O2/c11-7(12)6-3-5-4-8-1-2-10(5)9-6/h1,3-4,9H,2H2,(H,11,12). The van der Waals surface area contributed by atoms with Crippen molar-refractivity contribution < 1.29 is 9.90 Å². The van der Waals surface area contributed by atoms with Gasteiger partial charge in [0.25, 0.3) is 0 Å². The first kappa shape index (κ1) is 6.90. The molecule has 0 fully saturated rings. The molecule has 2 heterocycles. The molecule has 0 saturated heterocycles. The van der Waals surface area contributed by atoms with E-state index in [-0.39, 0.29) is 5.70 Å². The van der Waals surface area contributed by atoms with Crippen molar-refractivity contribution in [2.45, 2.75) is 0 Å². The Morgan fingerprint density at radius 2 is 2.58 bits per heavy atom. The number of allylic oxidation sites excluding steroid dienone is 1. The van der Waals surface area contributed by atoms with Crippen LogP contribution in [0.1, 0.15) is 0 Å². The summed E-state index contributed by atoms with van der Waals surface area (Å²) in [6.07, 6.45) is 4.88. The third-order valence-corrected chi connectivity index (χ3v) is 1.67. The van der Waals surface area contributed by atoms with E-state index in [2.05, 4.69) is 10.4 Å². The molecule has 5 nitrogen and oxygen atoms in total. The van der Waals surface area contributed by atoms with E-state index in [4.69, 9.17) is 5.11 Å². The fourth-order valence-corrected chi connectivity index (χ4v) is 1.09. The Morgan fingerprint density at radius 1 is 1.75 bits per heavy atom. The number of hydrogen-bond acceptors (Lipinski definition) is 4. The summed E-state index contributed by atoms with van der Waals surface area (Å²) in [4.78, 5) is 14.4. The molecule has 0 radical (unpaired) electrons. The second kappa shape index (κ2) is 2.37. The molecular formula is C7H7N3O2. The first-order chi connectivity index (χ1) is 5.77. The van der Waals surface area contributed by atoms with E-state index in [9.17, 15) is 4.79 Å². The molecule has 0 aromatic carbocycles. The number of hydrazine groups is 1. The Balaban J connectivity index is 2.27. The van der Waals surface area contributed by atoms with Gasteiger partial charge in [-0.05, 0) is 6.08 Å². The molecule has 0 saturated carbocycles. The van der Waals surface area contributed by atoms with Crippen LogP contribution in [0.15, 0.2) is 28.7 Å². The summed E-state index contributed by atoms with van der Waals surface area (Å²) in [5.74, 6) is -0.953. The quantitative estimate of drug-likeness (QED) is 0.560. The number of nitrogens with one attached hydrogen (secondary N) is 1. The van der Waals surface area contributed by atoms with Crippen LogP contribution in [0, 0.1) is 0 Å². The van der Waals surface area contributed by atoms with Crippen molar-refractivity contribution in [3.8, 4) is 0 Å². The molecule has 2 N–H and O–H groups in total. The van der Waals surface area contributed by atoms with E-state index in [1.165, 1.54) is 0 Å². The Kier molecular flexibility index (Phi) is 1.36. The fourth-order valence-electron chi connectivity index (χ4n) is 1.09. The van der Waals surface area contributed by atoms with E-state index >= 15 is 0 Å². The Bertz CT molecular complexity index is 317. The van der Waals surface area contributed by atoms with Crippen molar-refractivity contribution in [3.05, 3.63) is 23.7 Å². The van der Waals surface area contributed by atoms with Crippen molar-refractivity contribution in [1.82, 2.24) is 10.4 Å². The molecule has 0 unspecified atom stereocenters. The van der Waals surface area contributed by atoms with Crippen LogP contribution >= 0.6 is 0 Å². The predicted octanol–water partition coefficient (Wildman–Crippen LogP) is -0.299. The van der Waals surface area contributed by atoms with Gasteiger partial charge in [0.2, 0.25) is 0 Å². The highest BCUT2D eigenvalue weighted by Gasteiger charge is 2.22. The van der Waals surface area contributed by atoms with Crippen molar-refractivity contribution in [3.63, 3.8) is 0 Å². The largest absolute Gasteiger partial charge is 0.477 e. The molecule has 62 valence electrons. The number of aliphatic carboxylic acids is 1. The van der Waals surface area contributed by atoms with Gasteiger partial charge < -0.3 is 5.11 Å². The van der Waals surface area contributed by atoms with Crippen LogP contribution in [0.3, 0.4) is 0 Å². The summed E-state index contributed by atoms with van der Waals surface area (Å²) in [6, 6.07) is 0. The Hall–Kier alpha value is -1.78. The molecule has 0 aromatic rings. The molecule has 12 heavy (non-hydrogen) atoms. The summed E-state index contributed by atoms with van der Waals surface area (Å²) in [5.41, 5.74) is 3.70. The Morgan fingerprint density at radius 3 is 3.25 bits per heavy atom. The second-order valence-corrected chi connectivity index (χ2v) is 2.47. The smallest absolute Gasteiger partial charge is 0.353 e. The minimum atomic E-state index is -0.953. The average Bonchev–Trinajstić information content (AvgIpc) is 2.46. The average molecular weight is 165 g/mol. The molecule has 2 aliphatic heterocycles. The minimum Gasteiger partial charge on any atom is -0.477 e. The maximum Gasteiger partial charge on any atom is 0.353 e. The van der Waals surface area contributed by atoms with E-state index in [0.29, 0.717) is 6.54 Å². The SMILES string of the molecule is O=C(O)C1=CC2=CN=CCN2N1. The molecule has 2 aliphatic rings. The van der Waals surface area contributed by atoms with Crippen LogP contribution < -0.4 is 5.43 Å². The van der Waals surface area contributed by atoms with E-state index in [1.54, 1.807) is 23.5 Å². The molecule has 2 rings (SSSR count). The molecule has 0 aliphatic carbocycles. The van der Waals surface area contributed by atoms with Crippen molar-refractivity contribution in [1.29, 1.82) is 0 Å². The third-order valence-electron chi connectivity index (χ3n) is 1.67. The van der Waals surface area contributed by atoms with Crippen LogP contribution in [-0.4, -0.2) is 28.8 Å². The molecule has 0 spiro atoms. The van der Waals surface area contributed by atoms with Crippen LogP contribution in [-0.2, 0) is 4.79 Å². The van der Waals surface area contributed by atoms with Crippen molar-refractivity contribution in [2.75, 3.05) is 6.54 Å². The van der Waals surface area contributed by atoms with Crippen LogP contribution in [0.4, 0.5) is 0 Å². The number of nitrogens with zero attached hydrogens (tertiary/aromatic N) is 2. The molecule has 0 atom stereocenters. The maximum atomic E-state index is 10.5. The highest BCUT2D eigenvalue weighted by molar-refractivity contribution is 5.87. The summed E-state index contributed by atoms with van der Waals surface area (Å²) < 4.78 is 0. The zero-order valence-corrected chi connectivity index (χ0v) is 6.19. The number of aliphatic imine (C=N–C) groups is 1. The topological polar surface area (TPSA) is 64.9 Å². The molecule has 0 bridgehead atoms. The van der Waals surface area contributed by atoms with Crippen LogP contribution in [0.25, 0.3) is 0 Å². The van der Waals surface area contributed by atoms with Gasteiger partial charge in [0.15, 0.2) is 0 Å². The number of hydrogen-bond donors (Lipinski definition) is 2. The maximum absolute atomic E-state index is 10.5. The van der Waals surface area contributed by atoms with Crippen molar-refractivity contribution >= 4 is 12.2 Å². The summed E-state index contributed by atoms with van der Waals surface area (Å²) >= 11 is 0. The van der Waals surface area contributed by atoms with E-state index in [0.717, 1.165) is 5.70 Å². The van der Waals surface area contributed by atoms with Crippen molar-refractivity contribution in [2.24, 2.45) is 4.99 Å². The van der Waals surface area contributed by atoms with Gasteiger partial charge in [-0.3, -0.25) is 15.4 Å². The summed E-state index contributed by atoms with van der Waals surface area (Å²) in [5, 5.41) is 10.4. The van der Waals surface area contributed by atoms with E-state index in [1.807, 2.05) is 0 Å². The number of fused-ring (bicyclic) bond motifs is 1. The van der Waals surface area contributed by atoms with Crippen LogP contribution in [0.2, 0.25) is 0 Å². The lowest BCUT2D eigenvalue weighted by Gasteiger charge is -2.20. The third kappa shape index (κ3) is 0.952. The summed E-state index contributed by atoms with van der Waals surface area (Å²) in [7, 11) is 0. The first-order valence-corrected chi connectivity index (χ1v) is 3.48. The number of rotatable bonds is 1. The molecule has 0 aromatic heterocycles. The highest BCUT2D eigenvalue weighted by Crippen LogP contribution is 2.16. The zero-order valence-electron chi connectivity index (χ0n) is 6.19. The highest BCUT2D eigenvalue weighted by atomic mass is 16.4. The van der Waals surface area contributed by atoms with Gasteiger partial charge in [-0.25, -0.2) is 4.79 Å². The van der Waals surface area contributed by atoms with Gasteiger partial charge in [0.1, 0.15) is 5.70 Å². The van der Waals surface area contributed by atoms with Crippen LogP contribution in [0.5, 0.6) is 0 Å². The van der Waals surface area contributed by atoms with Gasteiger partial charge in [-0.1, -0.05) is 0 Å². The van der Waals surface area contributed by atoms with Gasteiger partial charge in [-0.2, -0.15) is 0 Å². The monoisotopic (exact) mass is 165 g/mol. The van der Waals surface area contributed by atoms with Gasteiger partial charge in [0.05, 0.1) is 18.4 Å². The second-order valence-electron chi connectivity index (χ2n) is 2.47. The molecule has 0 amide bonds. The van der Waals surface area contributed by atoms with Gasteiger partial charge in [0, 0.05) is 6.21 Å². The molecule has 5 heteroatoms. The van der Waals surface area contributed by atoms with Gasteiger partial charge in [-0.15, -0.1) is 0 Å². The number of carboxylic acid groups (broad SMARTS) is 1. The minimum absolute atomic E-state index is 0.187. The number of carboxylic acids is 1. The molecular weight excluding hydrogens is 158 g/mol. The summed E-state index contributed by atoms with van der Waals surface area (Å²) in [6.45, 7) is 0.596. The van der Waals surface area contributed by atoms with E-state index < -0.39 is 5.97 Å². The van der Waals surface area contributed by atoms with Gasteiger partial charge >= 0.3 is 5.97 Å². The normalized spacial score (nSPS) is 19.5. The lowest BCUT2D eigenvalue weighted by molar-refractivity contribution is -0.133. The first-order valence-electron chi connectivity index (χ1n) is 3.48. The Labute approximate surface area is 68.7 Å². The fraction of sp³-hybridized carbons (Fsp3) is 0.143. The number of carbonyl (C=O) groups is 1.